The van der Waals surface area contributed by atoms with E-state index in [2.05, 4.69) is 41.8 Å². The minimum atomic E-state index is -0.181. The van der Waals surface area contributed by atoms with Gasteiger partial charge in [-0.05, 0) is 88.1 Å². The summed E-state index contributed by atoms with van der Waals surface area (Å²) in [5, 5.41) is 0. The Hall–Kier alpha value is -0.228. The summed E-state index contributed by atoms with van der Waals surface area (Å²) in [6.45, 7) is 8.06. The normalized spacial score (nSPS) is 15.4. The monoisotopic (exact) mass is 672 g/mol. The van der Waals surface area contributed by atoms with Gasteiger partial charge in [-0.2, -0.15) is 0 Å². The summed E-state index contributed by atoms with van der Waals surface area (Å²) in [6.07, 6.45) is 5.88. The second-order valence-corrected chi connectivity index (χ2v) is 11.5. The third-order valence-corrected chi connectivity index (χ3v) is 5.52. The van der Waals surface area contributed by atoms with Crippen molar-refractivity contribution in [1.82, 2.24) is 0 Å². The Morgan fingerprint density at radius 3 is 1.24 bits per heavy atom. The number of halogens is 4. The Kier molecular flexibility index (Phi) is 19.6. The fraction of sp³-hybridized carbons (Fsp3) is 0.440. The molecule has 34 heavy (non-hydrogen) atoms. The summed E-state index contributed by atoms with van der Waals surface area (Å²) >= 11 is 6.67. The third-order valence-electron chi connectivity index (χ3n) is 4.46. The number of ether oxygens (including phenoxy) is 2. The van der Waals surface area contributed by atoms with Crippen LogP contribution in [0.2, 0.25) is 0 Å². The number of hydrogen-bond acceptors (Lipinski definition) is 4. The third kappa shape index (κ3) is 17.2. The van der Waals surface area contributed by atoms with Gasteiger partial charge in [-0.3, -0.25) is 9.98 Å². The average molecular weight is 675 g/mol. The number of nitrogens with zero attached hydrogens (tertiary/aromatic N) is 2. The van der Waals surface area contributed by atoms with Crippen LogP contribution in [0.1, 0.15) is 46.0 Å². The molecule has 2 aromatic carbocycles. The van der Waals surface area contributed by atoms with Gasteiger partial charge in [0.2, 0.25) is 0 Å². The van der Waals surface area contributed by atoms with Gasteiger partial charge in [0.25, 0.3) is 0 Å². The summed E-state index contributed by atoms with van der Waals surface area (Å²) in [4.78, 5) is 9.21. The van der Waals surface area contributed by atoms with Crippen LogP contribution >= 0.6 is 52.0 Å². The Morgan fingerprint density at radius 2 is 1.00 bits per heavy atom. The number of aliphatic imine (C=N–C) groups is 2. The van der Waals surface area contributed by atoms with E-state index in [0.29, 0.717) is 0 Å². The van der Waals surface area contributed by atoms with Crippen molar-refractivity contribution in [2.75, 3.05) is 26.4 Å². The molecule has 9 heteroatoms. The van der Waals surface area contributed by atoms with Gasteiger partial charge in [-0.1, -0.05) is 31.9 Å². The molecule has 0 saturated carbocycles. The molecule has 0 aliphatic carbocycles. The molecule has 0 aromatic heterocycles. The van der Waals surface area contributed by atoms with Crippen molar-refractivity contribution in [1.29, 1.82) is 0 Å². The van der Waals surface area contributed by atoms with Crippen LogP contribution in [-0.2, 0) is 22.9 Å². The molecule has 0 radical (unpaired) electrons. The number of benzene rings is 2. The maximum atomic E-state index is 4.94. The number of rotatable bonds is 4. The SMILES string of the molecule is C1CCOC1.C1CCOC1.CC(CC(C)=Nc1ccc(Br)cc1)=Nc1ccc(Br)cc1.[Cl][Cr][Cl]. The maximum absolute atomic E-state index is 4.94. The Morgan fingerprint density at radius 1 is 0.706 bits per heavy atom. The molecule has 2 fully saturated rings. The standard InChI is InChI=1S/C17H16Br2N2.2C4H8O.2ClH.Cr/c1-12(20-16-7-3-14(18)4-8-16)11-13(2)21-17-9-5-15(19)6-10-17;2*1-2-4-5-3-1;;;/h3-10H,11H2,1-2H3;2*1-4H2;2*1H;/q;;;;;+2/p-2. The van der Waals surface area contributed by atoms with Crippen LogP contribution in [0, 0.1) is 0 Å². The van der Waals surface area contributed by atoms with Crippen LogP contribution < -0.4 is 0 Å². The van der Waals surface area contributed by atoms with Gasteiger partial charge < -0.3 is 9.47 Å². The van der Waals surface area contributed by atoms with Crippen LogP contribution in [0.3, 0.4) is 0 Å². The van der Waals surface area contributed by atoms with Gasteiger partial charge in [0.05, 0.1) is 11.4 Å². The van der Waals surface area contributed by atoms with E-state index < -0.39 is 0 Å². The van der Waals surface area contributed by atoms with Crippen LogP contribution in [0.15, 0.2) is 67.5 Å². The first-order chi connectivity index (χ1) is 16.4. The fourth-order valence-electron chi connectivity index (χ4n) is 2.94. The van der Waals surface area contributed by atoms with Gasteiger partial charge in [-0.25, -0.2) is 0 Å². The zero-order chi connectivity index (χ0) is 25.0. The van der Waals surface area contributed by atoms with Crippen molar-refractivity contribution >= 4 is 74.8 Å². The molecular weight excluding hydrogens is 643 g/mol. The van der Waals surface area contributed by atoms with E-state index in [1.54, 1.807) is 0 Å². The van der Waals surface area contributed by atoms with E-state index in [1.165, 1.54) is 25.7 Å². The molecule has 2 aliphatic heterocycles. The fourth-order valence-corrected chi connectivity index (χ4v) is 3.47. The van der Waals surface area contributed by atoms with Gasteiger partial charge in [0.1, 0.15) is 0 Å². The van der Waals surface area contributed by atoms with Crippen molar-refractivity contribution in [3.05, 3.63) is 57.5 Å². The Labute approximate surface area is 235 Å². The van der Waals surface area contributed by atoms with Gasteiger partial charge in [0.15, 0.2) is 0 Å². The quantitative estimate of drug-likeness (QED) is 0.303. The summed E-state index contributed by atoms with van der Waals surface area (Å²) in [6, 6.07) is 16.0. The topological polar surface area (TPSA) is 43.2 Å². The molecule has 2 aromatic rings. The molecule has 0 atom stereocenters. The molecule has 188 valence electrons. The molecule has 0 amide bonds. The van der Waals surface area contributed by atoms with Gasteiger partial charge in [-0.15, -0.1) is 0 Å². The zero-order valence-corrected chi connectivity index (χ0v) is 25.6. The van der Waals surface area contributed by atoms with Crippen molar-refractivity contribution in [2.24, 2.45) is 9.98 Å². The van der Waals surface area contributed by atoms with E-state index >= 15 is 0 Å². The summed E-state index contributed by atoms with van der Waals surface area (Å²) in [7, 11) is 9.65. The predicted octanol–water partition coefficient (Wildman–Crippen LogP) is 9.46. The first-order valence-electron chi connectivity index (χ1n) is 11.1. The molecule has 2 heterocycles. The van der Waals surface area contributed by atoms with E-state index in [9.17, 15) is 0 Å². The molecule has 0 spiro atoms. The van der Waals surface area contributed by atoms with Crippen LogP contribution in [0.4, 0.5) is 11.4 Å². The molecule has 0 N–H and O–H groups in total. The predicted molar refractivity (Wildman–Crippen MR) is 150 cm³/mol. The summed E-state index contributed by atoms with van der Waals surface area (Å²) < 4.78 is 12.0. The van der Waals surface area contributed by atoms with Crippen LogP contribution in [0.25, 0.3) is 0 Å². The van der Waals surface area contributed by atoms with Crippen molar-refractivity contribution in [2.45, 2.75) is 46.0 Å². The molecule has 4 nitrogen and oxygen atoms in total. The molecule has 4 rings (SSSR count). The molecular formula is C25H32Br2Cl2CrN2O2. The Bertz CT molecular complexity index is 758. The average Bonchev–Trinajstić information content (AvgIpc) is 3.57. The molecule has 2 saturated heterocycles. The second kappa shape index (κ2) is 20.9. The molecule has 0 bridgehead atoms. The van der Waals surface area contributed by atoms with E-state index in [4.69, 9.17) is 29.6 Å². The Balaban J connectivity index is 0.000000357. The van der Waals surface area contributed by atoms with Crippen LogP contribution in [0.5, 0.6) is 0 Å². The zero-order valence-electron chi connectivity index (χ0n) is 19.6. The van der Waals surface area contributed by atoms with E-state index in [-0.39, 0.29) is 13.4 Å². The summed E-state index contributed by atoms with van der Waals surface area (Å²) in [5.74, 6) is 0. The van der Waals surface area contributed by atoms with Gasteiger partial charge in [0, 0.05) is 53.2 Å². The molecule has 2 aliphatic rings. The second-order valence-electron chi connectivity index (χ2n) is 7.52. The van der Waals surface area contributed by atoms with Crippen molar-refractivity contribution < 1.29 is 22.9 Å². The first-order valence-corrected chi connectivity index (χ1v) is 16.2. The summed E-state index contributed by atoms with van der Waals surface area (Å²) in [5.41, 5.74) is 4.03. The van der Waals surface area contributed by atoms with Crippen molar-refractivity contribution in [3.8, 4) is 0 Å². The first kappa shape index (κ1) is 31.8. The number of hydrogen-bond donors (Lipinski definition) is 0. The van der Waals surface area contributed by atoms with Crippen molar-refractivity contribution in [3.63, 3.8) is 0 Å². The van der Waals surface area contributed by atoms with E-state index in [0.717, 1.165) is 64.6 Å². The van der Waals surface area contributed by atoms with Gasteiger partial charge >= 0.3 is 33.5 Å². The minimum absolute atomic E-state index is 0.181. The molecule has 0 unspecified atom stereocenters. The van der Waals surface area contributed by atoms with E-state index in [1.807, 2.05) is 62.4 Å². The van der Waals surface area contributed by atoms with Crippen LogP contribution in [-0.4, -0.2) is 37.9 Å².